The van der Waals surface area contributed by atoms with Crippen molar-refractivity contribution < 1.29 is 4.79 Å². The molecule has 9 nitrogen and oxygen atoms in total. The van der Waals surface area contributed by atoms with E-state index in [1.807, 2.05) is 18.2 Å². The van der Waals surface area contributed by atoms with Crippen LogP contribution in [0.3, 0.4) is 0 Å². The number of rotatable bonds is 4. The average molecular weight is 368 g/mol. The molecule has 1 aliphatic rings. The van der Waals surface area contributed by atoms with E-state index in [0.29, 0.717) is 17.8 Å². The summed E-state index contributed by atoms with van der Waals surface area (Å²) in [6, 6.07) is 7.24. The normalized spacial score (nSPS) is 17.2. The van der Waals surface area contributed by atoms with E-state index in [1.54, 1.807) is 11.1 Å². The molecule has 1 aromatic carbocycles. The van der Waals surface area contributed by atoms with Crippen molar-refractivity contribution in [2.45, 2.75) is 32.4 Å². The lowest BCUT2D eigenvalue weighted by Gasteiger charge is -2.38. The first kappa shape index (κ1) is 17.1. The molecule has 140 valence electrons. The number of para-hydroxylation sites is 1. The molecule has 2 aromatic heterocycles. The highest BCUT2D eigenvalue weighted by Crippen LogP contribution is 2.21. The SMILES string of the molecule is CC(=O)c1ccccc1NC1CCCCN1n1c(=O)[nH]c2nc[nH]c2c1=O. The molecule has 1 aliphatic heterocycles. The highest BCUT2D eigenvalue weighted by molar-refractivity contribution is 5.99. The Morgan fingerprint density at radius 1 is 1.26 bits per heavy atom. The summed E-state index contributed by atoms with van der Waals surface area (Å²) in [6.07, 6.45) is 3.63. The first-order valence-electron chi connectivity index (χ1n) is 8.88. The molecule has 0 spiro atoms. The lowest BCUT2D eigenvalue weighted by molar-refractivity contribution is 0.101. The molecular formula is C18H20N6O3. The summed E-state index contributed by atoms with van der Waals surface area (Å²) >= 11 is 0. The number of H-pyrrole nitrogens is 2. The van der Waals surface area contributed by atoms with Crippen LogP contribution in [0.15, 0.2) is 40.2 Å². The Balaban J connectivity index is 1.75. The summed E-state index contributed by atoms with van der Waals surface area (Å²) in [5, 5.41) is 5.07. The Kier molecular flexibility index (Phi) is 4.27. The Hall–Kier alpha value is -3.36. The highest BCUT2D eigenvalue weighted by atomic mass is 16.2. The van der Waals surface area contributed by atoms with Gasteiger partial charge in [-0.05, 0) is 38.3 Å². The van der Waals surface area contributed by atoms with Crippen molar-refractivity contribution >= 4 is 22.6 Å². The predicted molar refractivity (Wildman–Crippen MR) is 102 cm³/mol. The zero-order valence-electron chi connectivity index (χ0n) is 14.9. The molecule has 1 fully saturated rings. The fourth-order valence-corrected chi connectivity index (χ4v) is 3.54. The molecule has 0 radical (unpaired) electrons. The van der Waals surface area contributed by atoms with Gasteiger partial charge in [-0.15, -0.1) is 0 Å². The lowest BCUT2D eigenvalue weighted by atomic mass is 10.1. The van der Waals surface area contributed by atoms with Gasteiger partial charge < -0.3 is 10.3 Å². The Morgan fingerprint density at radius 3 is 2.89 bits per heavy atom. The number of Topliss-reactive ketones (excluding diaryl/α,β-unsaturated/α-hetero) is 1. The van der Waals surface area contributed by atoms with Crippen LogP contribution in [0.1, 0.15) is 36.5 Å². The highest BCUT2D eigenvalue weighted by Gasteiger charge is 2.27. The monoisotopic (exact) mass is 368 g/mol. The summed E-state index contributed by atoms with van der Waals surface area (Å²) in [5.41, 5.74) is 0.781. The van der Waals surface area contributed by atoms with Gasteiger partial charge in [0.25, 0.3) is 0 Å². The molecule has 0 saturated carbocycles. The van der Waals surface area contributed by atoms with E-state index in [0.717, 1.165) is 23.9 Å². The number of nitrogens with one attached hydrogen (secondary N) is 3. The number of piperidine rings is 1. The number of aromatic nitrogens is 4. The van der Waals surface area contributed by atoms with Crippen LogP contribution in [-0.2, 0) is 0 Å². The van der Waals surface area contributed by atoms with Gasteiger partial charge in [0.1, 0.15) is 6.17 Å². The summed E-state index contributed by atoms with van der Waals surface area (Å²) in [6.45, 7) is 2.06. The van der Waals surface area contributed by atoms with Crippen LogP contribution >= 0.6 is 0 Å². The third kappa shape index (κ3) is 3.01. The van der Waals surface area contributed by atoms with Crippen LogP contribution in [-0.4, -0.2) is 38.1 Å². The first-order chi connectivity index (χ1) is 13.1. The summed E-state index contributed by atoms with van der Waals surface area (Å²) < 4.78 is 1.12. The maximum absolute atomic E-state index is 12.8. The molecular weight excluding hydrogens is 348 g/mol. The van der Waals surface area contributed by atoms with E-state index in [4.69, 9.17) is 0 Å². The van der Waals surface area contributed by atoms with Crippen molar-refractivity contribution in [1.82, 2.24) is 19.6 Å². The van der Waals surface area contributed by atoms with Gasteiger partial charge in [-0.3, -0.25) is 19.6 Å². The number of aromatic amines is 2. The molecule has 1 atom stereocenters. The Morgan fingerprint density at radius 2 is 2.07 bits per heavy atom. The number of ketones is 1. The third-order valence-electron chi connectivity index (χ3n) is 4.82. The van der Waals surface area contributed by atoms with Crippen LogP contribution in [0.4, 0.5) is 5.69 Å². The topological polar surface area (TPSA) is 116 Å². The molecule has 0 amide bonds. The fourth-order valence-electron chi connectivity index (χ4n) is 3.54. The van der Waals surface area contributed by atoms with Gasteiger partial charge in [0.15, 0.2) is 16.9 Å². The Labute approximate surface area is 154 Å². The summed E-state index contributed by atoms with van der Waals surface area (Å²) in [5.74, 6) is -0.0469. The van der Waals surface area contributed by atoms with Gasteiger partial charge in [0, 0.05) is 17.8 Å². The third-order valence-corrected chi connectivity index (χ3v) is 4.82. The molecule has 3 heterocycles. The van der Waals surface area contributed by atoms with E-state index < -0.39 is 11.2 Å². The molecule has 0 bridgehead atoms. The van der Waals surface area contributed by atoms with E-state index in [1.165, 1.54) is 13.3 Å². The zero-order valence-corrected chi connectivity index (χ0v) is 14.9. The van der Waals surface area contributed by atoms with E-state index in [9.17, 15) is 14.4 Å². The van der Waals surface area contributed by atoms with E-state index in [2.05, 4.69) is 20.3 Å². The van der Waals surface area contributed by atoms with Crippen molar-refractivity contribution in [2.24, 2.45) is 0 Å². The summed E-state index contributed by atoms with van der Waals surface area (Å²) in [7, 11) is 0. The zero-order chi connectivity index (χ0) is 19.0. The van der Waals surface area contributed by atoms with E-state index in [-0.39, 0.29) is 23.1 Å². The second-order valence-electron chi connectivity index (χ2n) is 6.59. The smallest absolute Gasteiger partial charge is 0.349 e. The number of hydrogen-bond donors (Lipinski definition) is 3. The molecule has 1 unspecified atom stereocenters. The van der Waals surface area contributed by atoms with Gasteiger partial charge in [0.2, 0.25) is 0 Å². The van der Waals surface area contributed by atoms with Gasteiger partial charge in [-0.2, -0.15) is 4.68 Å². The van der Waals surface area contributed by atoms with Crippen molar-refractivity contribution in [2.75, 3.05) is 16.9 Å². The number of anilines is 1. The van der Waals surface area contributed by atoms with Crippen LogP contribution in [0, 0.1) is 0 Å². The molecule has 3 aromatic rings. The number of carbonyl (C=O) groups excluding carboxylic acids is 1. The minimum absolute atomic E-state index is 0.0469. The van der Waals surface area contributed by atoms with Crippen LogP contribution in [0.5, 0.6) is 0 Å². The molecule has 9 heteroatoms. The number of hydrogen-bond acceptors (Lipinski definition) is 6. The van der Waals surface area contributed by atoms with Crippen molar-refractivity contribution in [3.63, 3.8) is 0 Å². The molecule has 4 rings (SSSR count). The minimum atomic E-state index is -0.534. The lowest BCUT2D eigenvalue weighted by Crippen LogP contribution is -2.59. The van der Waals surface area contributed by atoms with Crippen LogP contribution < -0.4 is 21.6 Å². The minimum Gasteiger partial charge on any atom is -0.364 e. The van der Waals surface area contributed by atoms with Crippen molar-refractivity contribution in [3.8, 4) is 0 Å². The number of benzene rings is 1. The largest absolute Gasteiger partial charge is 0.364 e. The van der Waals surface area contributed by atoms with Crippen LogP contribution in [0.25, 0.3) is 11.2 Å². The van der Waals surface area contributed by atoms with Gasteiger partial charge in [-0.1, -0.05) is 12.1 Å². The van der Waals surface area contributed by atoms with Crippen molar-refractivity contribution in [3.05, 3.63) is 57.0 Å². The van der Waals surface area contributed by atoms with Crippen molar-refractivity contribution in [1.29, 1.82) is 0 Å². The Bertz CT molecular complexity index is 1110. The average Bonchev–Trinajstić information content (AvgIpc) is 3.12. The second-order valence-corrected chi connectivity index (χ2v) is 6.59. The van der Waals surface area contributed by atoms with Gasteiger partial charge in [-0.25, -0.2) is 9.78 Å². The maximum Gasteiger partial charge on any atom is 0.349 e. The fraction of sp³-hybridized carbons (Fsp3) is 0.333. The maximum atomic E-state index is 12.8. The van der Waals surface area contributed by atoms with Crippen LogP contribution in [0.2, 0.25) is 0 Å². The molecule has 1 saturated heterocycles. The number of fused-ring (bicyclic) bond motifs is 1. The molecule has 27 heavy (non-hydrogen) atoms. The van der Waals surface area contributed by atoms with Gasteiger partial charge >= 0.3 is 11.2 Å². The molecule has 3 N–H and O–H groups in total. The first-order valence-corrected chi connectivity index (χ1v) is 8.88. The van der Waals surface area contributed by atoms with Gasteiger partial charge in [0.05, 0.1) is 6.33 Å². The number of nitrogens with zero attached hydrogens (tertiary/aromatic N) is 3. The number of imidazole rings is 1. The summed E-state index contributed by atoms with van der Waals surface area (Å²) in [4.78, 5) is 46.7. The molecule has 0 aliphatic carbocycles. The standard InChI is InChI=1S/C18H20N6O3/c1-11(25)12-6-2-3-7-13(12)21-14-8-4-5-9-23(14)24-17(26)15-16(20-10-19-15)22-18(24)27/h2-3,6-7,10,14,21H,4-5,8-9H2,1H3,(H,19,20)(H,22,27). The predicted octanol–water partition coefficient (Wildman–Crippen LogP) is 1.18. The quantitative estimate of drug-likeness (QED) is 0.596. The van der Waals surface area contributed by atoms with E-state index >= 15 is 0 Å². The number of carbonyl (C=O) groups is 1. The second kappa shape index (κ2) is 6.75.